The van der Waals surface area contributed by atoms with Crippen molar-refractivity contribution in [1.82, 2.24) is 4.72 Å². The lowest BCUT2D eigenvalue weighted by atomic mass is 10.4. The van der Waals surface area contributed by atoms with Gasteiger partial charge in [0.25, 0.3) is 0 Å². The molecule has 114 valence electrons. The zero-order valence-electron chi connectivity index (χ0n) is 11.1. The van der Waals surface area contributed by atoms with Crippen molar-refractivity contribution < 1.29 is 16.8 Å². The first-order valence-electron chi connectivity index (χ1n) is 5.98. The summed E-state index contributed by atoms with van der Waals surface area (Å²) in [5, 5.41) is 4.92. The molecule has 3 N–H and O–H groups in total. The van der Waals surface area contributed by atoms with E-state index in [1.54, 1.807) is 18.2 Å². The highest BCUT2D eigenvalue weighted by atomic mass is 32.2. The third kappa shape index (κ3) is 5.80. The monoisotopic (exact) mass is 338 g/mol. The average Bonchev–Trinajstić information content (AvgIpc) is 2.35. The molecule has 20 heavy (non-hydrogen) atoms. The van der Waals surface area contributed by atoms with Crippen LogP contribution in [0.3, 0.4) is 0 Å². The van der Waals surface area contributed by atoms with Crippen molar-refractivity contribution in [3.8, 4) is 0 Å². The minimum atomic E-state index is -3.57. The number of nitrogens with two attached hydrogens (primary N) is 1. The van der Waals surface area contributed by atoms with Crippen LogP contribution in [0.5, 0.6) is 0 Å². The zero-order chi connectivity index (χ0) is 15.2. The number of rotatable bonds is 8. The van der Waals surface area contributed by atoms with Crippen LogP contribution in [0.1, 0.15) is 13.3 Å². The molecule has 1 aromatic carbocycles. The predicted molar refractivity (Wildman–Crippen MR) is 80.6 cm³/mol. The summed E-state index contributed by atoms with van der Waals surface area (Å²) in [5.41, 5.74) is 0. The van der Waals surface area contributed by atoms with Gasteiger partial charge in [0.1, 0.15) is 0 Å². The van der Waals surface area contributed by atoms with Crippen molar-refractivity contribution >= 4 is 31.8 Å². The van der Waals surface area contributed by atoms with E-state index < -0.39 is 20.0 Å². The van der Waals surface area contributed by atoms with Gasteiger partial charge in [0.15, 0.2) is 0 Å². The van der Waals surface area contributed by atoms with Gasteiger partial charge in [-0.3, -0.25) is 0 Å². The van der Waals surface area contributed by atoms with Gasteiger partial charge in [0.05, 0.1) is 10.6 Å². The van der Waals surface area contributed by atoms with Gasteiger partial charge in [-0.1, -0.05) is 19.1 Å². The number of hydrogen-bond donors (Lipinski definition) is 2. The molecule has 0 aromatic heterocycles. The lowest BCUT2D eigenvalue weighted by molar-refractivity contribution is 0.578. The first kappa shape index (κ1) is 17.4. The first-order chi connectivity index (χ1) is 9.26. The lowest BCUT2D eigenvalue weighted by Gasteiger charge is -2.10. The fraction of sp³-hybridized carbons (Fsp3) is 0.455. The smallest absolute Gasteiger partial charge is 0.229 e. The summed E-state index contributed by atoms with van der Waals surface area (Å²) in [7, 11) is -7.11. The number of sulfonamides is 2. The molecule has 0 aliphatic heterocycles. The van der Waals surface area contributed by atoms with E-state index >= 15 is 0 Å². The van der Waals surface area contributed by atoms with Gasteiger partial charge < -0.3 is 0 Å². The van der Waals surface area contributed by atoms with Gasteiger partial charge in [-0.25, -0.2) is 26.7 Å². The van der Waals surface area contributed by atoms with E-state index in [1.165, 1.54) is 6.07 Å². The Kier molecular flexibility index (Phi) is 6.46. The molecular weight excluding hydrogens is 320 g/mol. The van der Waals surface area contributed by atoms with E-state index in [-0.39, 0.29) is 16.4 Å². The molecule has 0 fully saturated rings. The van der Waals surface area contributed by atoms with Gasteiger partial charge in [-0.05, 0) is 18.6 Å². The van der Waals surface area contributed by atoms with E-state index in [2.05, 4.69) is 4.72 Å². The van der Waals surface area contributed by atoms with E-state index in [0.717, 1.165) is 11.8 Å². The van der Waals surface area contributed by atoms with Crippen LogP contribution in [0.25, 0.3) is 0 Å². The van der Waals surface area contributed by atoms with Gasteiger partial charge >= 0.3 is 0 Å². The minimum absolute atomic E-state index is 0.160. The summed E-state index contributed by atoms with van der Waals surface area (Å²) in [6.45, 7) is 2.23. The van der Waals surface area contributed by atoms with Crippen molar-refractivity contribution in [2.45, 2.75) is 23.1 Å². The number of hydrogen-bond acceptors (Lipinski definition) is 5. The molecule has 0 atom stereocenters. The minimum Gasteiger partial charge on any atom is -0.229 e. The van der Waals surface area contributed by atoms with Crippen molar-refractivity contribution in [2.24, 2.45) is 5.14 Å². The number of benzene rings is 1. The highest BCUT2D eigenvalue weighted by Crippen LogP contribution is 2.26. The Labute approximate surface area is 124 Å². The maximum atomic E-state index is 12.1. The van der Waals surface area contributed by atoms with Crippen LogP contribution in [-0.4, -0.2) is 34.9 Å². The fourth-order valence-corrected chi connectivity index (χ4v) is 4.97. The summed E-state index contributed by atoms with van der Waals surface area (Å²) < 4.78 is 48.5. The Hall–Kier alpha value is -0.610. The molecular formula is C11H18N2O4S3. The van der Waals surface area contributed by atoms with E-state index in [1.807, 2.05) is 6.92 Å². The highest BCUT2D eigenvalue weighted by molar-refractivity contribution is 8.01. The largest absolute Gasteiger partial charge is 0.241 e. The third-order valence-electron chi connectivity index (χ3n) is 2.31. The second-order valence-electron chi connectivity index (χ2n) is 4.06. The van der Waals surface area contributed by atoms with Crippen LogP contribution in [0.4, 0.5) is 0 Å². The summed E-state index contributed by atoms with van der Waals surface area (Å²) >= 11 is 1.16. The molecule has 1 aromatic rings. The molecule has 0 saturated carbocycles. The molecule has 0 saturated heterocycles. The van der Waals surface area contributed by atoms with Crippen molar-refractivity contribution in [1.29, 1.82) is 0 Å². The van der Waals surface area contributed by atoms with Crippen LogP contribution < -0.4 is 9.86 Å². The fourth-order valence-electron chi connectivity index (χ4n) is 1.37. The molecule has 0 unspecified atom stereocenters. The Balaban J connectivity index is 2.88. The van der Waals surface area contributed by atoms with Crippen LogP contribution in [0.15, 0.2) is 34.1 Å². The molecule has 0 heterocycles. The summed E-state index contributed by atoms with van der Waals surface area (Å²) in [4.78, 5) is 0.674. The number of nitrogens with one attached hydrogen (secondary N) is 1. The lowest BCUT2D eigenvalue weighted by Crippen LogP contribution is -2.25. The highest BCUT2D eigenvalue weighted by Gasteiger charge is 2.17. The topological polar surface area (TPSA) is 106 Å². The standard InChI is InChI=1S/C11H18N2O4S3/c1-2-7-13-20(16,17)11-6-4-3-5-10(11)18-8-9-19(12,14)15/h3-6,13H,2,7-9H2,1H3,(H2,12,14,15). The molecule has 0 aliphatic carbocycles. The Morgan fingerprint density at radius 3 is 2.45 bits per heavy atom. The number of primary sulfonamides is 1. The van der Waals surface area contributed by atoms with E-state index in [9.17, 15) is 16.8 Å². The Morgan fingerprint density at radius 1 is 1.20 bits per heavy atom. The molecule has 0 radical (unpaired) electrons. The Morgan fingerprint density at radius 2 is 1.85 bits per heavy atom. The van der Waals surface area contributed by atoms with Gasteiger partial charge in [-0.2, -0.15) is 0 Å². The maximum absolute atomic E-state index is 12.1. The van der Waals surface area contributed by atoms with Crippen LogP contribution >= 0.6 is 11.8 Å². The van der Waals surface area contributed by atoms with Crippen molar-refractivity contribution in [3.05, 3.63) is 24.3 Å². The zero-order valence-corrected chi connectivity index (χ0v) is 13.5. The molecule has 1 rings (SSSR count). The molecule has 6 nitrogen and oxygen atoms in total. The van der Waals surface area contributed by atoms with Crippen LogP contribution in [0, 0.1) is 0 Å². The quantitative estimate of drug-likeness (QED) is 0.681. The third-order valence-corrected chi connectivity index (χ3v) is 6.06. The van der Waals surface area contributed by atoms with E-state index in [0.29, 0.717) is 17.9 Å². The normalized spacial score (nSPS) is 12.5. The summed E-state index contributed by atoms with van der Waals surface area (Å²) in [5.74, 6) is 0.00752. The average molecular weight is 338 g/mol. The van der Waals surface area contributed by atoms with Gasteiger partial charge in [0.2, 0.25) is 20.0 Å². The maximum Gasteiger partial charge on any atom is 0.241 e. The predicted octanol–water partition coefficient (Wildman–Crippen LogP) is 0.756. The SMILES string of the molecule is CCCNS(=O)(=O)c1ccccc1SCCS(N)(=O)=O. The van der Waals surface area contributed by atoms with Crippen molar-refractivity contribution in [2.75, 3.05) is 18.1 Å². The second kappa shape index (κ2) is 7.41. The Bertz CT molecular complexity index is 641. The van der Waals surface area contributed by atoms with Gasteiger partial charge in [-0.15, -0.1) is 11.8 Å². The van der Waals surface area contributed by atoms with Gasteiger partial charge in [0, 0.05) is 17.2 Å². The first-order valence-corrected chi connectivity index (χ1v) is 10.2. The van der Waals surface area contributed by atoms with Crippen molar-refractivity contribution in [3.63, 3.8) is 0 Å². The second-order valence-corrected chi connectivity index (χ2v) is 8.67. The molecule has 0 aliphatic rings. The molecule has 0 bridgehead atoms. The summed E-state index contributed by atoms with van der Waals surface area (Å²) in [6, 6.07) is 6.48. The van der Waals surface area contributed by atoms with Crippen LogP contribution in [0.2, 0.25) is 0 Å². The molecule has 9 heteroatoms. The summed E-state index contributed by atoms with van der Waals surface area (Å²) in [6.07, 6.45) is 0.694. The molecule has 0 amide bonds. The van der Waals surface area contributed by atoms with E-state index in [4.69, 9.17) is 5.14 Å². The molecule has 0 spiro atoms. The van der Waals surface area contributed by atoms with Crippen LogP contribution in [-0.2, 0) is 20.0 Å². The number of thioether (sulfide) groups is 1.